The molecule has 0 aliphatic rings. The topological polar surface area (TPSA) is 77.1 Å². The van der Waals surface area contributed by atoms with Crippen LogP contribution in [0.15, 0.2) is 46.0 Å². The first-order chi connectivity index (χ1) is 10.0. The number of nitrogens with two attached hydrogens (primary N) is 1. The fourth-order valence-corrected chi connectivity index (χ4v) is 2.09. The summed E-state index contributed by atoms with van der Waals surface area (Å²) >= 11 is 3.21. The number of halogens is 2. The Morgan fingerprint density at radius 3 is 2.62 bits per heavy atom. The van der Waals surface area contributed by atoms with Gasteiger partial charge in [0.15, 0.2) is 5.84 Å². The fourth-order valence-electron chi connectivity index (χ4n) is 1.66. The van der Waals surface area contributed by atoms with Crippen molar-refractivity contribution in [3.05, 3.63) is 52.3 Å². The summed E-state index contributed by atoms with van der Waals surface area (Å²) < 4.78 is 24.3. The number of methoxy groups -OCH3 is 1. The van der Waals surface area contributed by atoms with E-state index in [1.807, 2.05) is 0 Å². The van der Waals surface area contributed by atoms with Gasteiger partial charge in [-0.2, -0.15) is 0 Å². The van der Waals surface area contributed by atoms with Crippen molar-refractivity contribution in [1.29, 1.82) is 0 Å². The van der Waals surface area contributed by atoms with Gasteiger partial charge in [-0.3, -0.25) is 0 Å². The first kappa shape index (κ1) is 15.1. The van der Waals surface area contributed by atoms with Crippen molar-refractivity contribution >= 4 is 21.8 Å². The van der Waals surface area contributed by atoms with Crippen LogP contribution in [0.1, 0.15) is 5.56 Å². The third kappa shape index (κ3) is 3.43. The average molecular weight is 355 g/mol. The Balaban J connectivity index is 2.46. The third-order valence-corrected chi connectivity index (χ3v) is 3.31. The summed E-state index contributed by atoms with van der Waals surface area (Å²) in [7, 11) is 1.51. The van der Waals surface area contributed by atoms with Gasteiger partial charge in [-0.15, -0.1) is 0 Å². The van der Waals surface area contributed by atoms with E-state index in [1.54, 1.807) is 18.2 Å². The van der Waals surface area contributed by atoms with Crippen LogP contribution in [0.3, 0.4) is 0 Å². The standard InChI is InChI=1S/C14H12BrFN2O3/c1-20-9-3-4-10(14(17)18-19)13(7-9)21-12-5-2-8(16)6-11(12)15/h2-7,19H,1H3,(H2,17,18). The zero-order valence-corrected chi connectivity index (χ0v) is 12.6. The molecule has 0 amide bonds. The van der Waals surface area contributed by atoms with Crippen LogP contribution in [-0.4, -0.2) is 18.2 Å². The smallest absolute Gasteiger partial charge is 0.173 e. The van der Waals surface area contributed by atoms with Gasteiger partial charge in [0.05, 0.1) is 17.1 Å². The van der Waals surface area contributed by atoms with Crippen LogP contribution in [-0.2, 0) is 0 Å². The lowest BCUT2D eigenvalue weighted by Crippen LogP contribution is -2.14. The zero-order valence-electron chi connectivity index (χ0n) is 11.0. The van der Waals surface area contributed by atoms with Crippen molar-refractivity contribution < 1.29 is 19.1 Å². The van der Waals surface area contributed by atoms with E-state index in [1.165, 1.54) is 25.3 Å². The van der Waals surface area contributed by atoms with Gasteiger partial charge in [0.1, 0.15) is 23.1 Å². The van der Waals surface area contributed by atoms with E-state index in [2.05, 4.69) is 21.1 Å². The zero-order chi connectivity index (χ0) is 15.4. The summed E-state index contributed by atoms with van der Waals surface area (Å²) in [4.78, 5) is 0. The Hall–Kier alpha value is -2.28. The third-order valence-electron chi connectivity index (χ3n) is 2.69. The second-order valence-corrected chi connectivity index (χ2v) is 4.88. The fraction of sp³-hybridized carbons (Fsp3) is 0.0714. The van der Waals surface area contributed by atoms with Crippen LogP contribution in [0.4, 0.5) is 4.39 Å². The highest BCUT2D eigenvalue weighted by molar-refractivity contribution is 9.10. The number of rotatable bonds is 4. The number of amidine groups is 1. The monoisotopic (exact) mass is 354 g/mol. The summed E-state index contributed by atoms with van der Waals surface area (Å²) in [5, 5.41) is 11.8. The molecule has 110 valence electrons. The van der Waals surface area contributed by atoms with Crippen molar-refractivity contribution in [1.82, 2.24) is 0 Å². The number of oxime groups is 1. The number of hydrogen-bond acceptors (Lipinski definition) is 4. The molecule has 21 heavy (non-hydrogen) atoms. The van der Waals surface area contributed by atoms with Gasteiger partial charge >= 0.3 is 0 Å². The van der Waals surface area contributed by atoms with Gasteiger partial charge < -0.3 is 20.4 Å². The minimum Gasteiger partial charge on any atom is -0.497 e. The predicted octanol–water partition coefficient (Wildman–Crippen LogP) is 3.48. The van der Waals surface area contributed by atoms with E-state index in [4.69, 9.17) is 20.4 Å². The Labute approximate surface area is 128 Å². The molecule has 0 atom stereocenters. The minimum absolute atomic E-state index is 0.106. The van der Waals surface area contributed by atoms with E-state index in [0.29, 0.717) is 27.3 Å². The van der Waals surface area contributed by atoms with Crippen LogP contribution in [0.2, 0.25) is 0 Å². The molecule has 0 aromatic heterocycles. The first-order valence-electron chi connectivity index (χ1n) is 5.84. The number of benzene rings is 2. The molecule has 0 bridgehead atoms. The highest BCUT2D eigenvalue weighted by atomic mass is 79.9. The van der Waals surface area contributed by atoms with E-state index >= 15 is 0 Å². The lowest BCUT2D eigenvalue weighted by Gasteiger charge is -2.13. The molecular formula is C14H12BrFN2O3. The van der Waals surface area contributed by atoms with E-state index < -0.39 is 5.82 Å². The van der Waals surface area contributed by atoms with Crippen LogP contribution < -0.4 is 15.2 Å². The Morgan fingerprint density at radius 2 is 2.00 bits per heavy atom. The van der Waals surface area contributed by atoms with Crippen molar-refractivity contribution in [3.63, 3.8) is 0 Å². The van der Waals surface area contributed by atoms with Crippen LogP contribution in [0.5, 0.6) is 17.2 Å². The Bertz CT molecular complexity index is 692. The molecule has 0 heterocycles. The SMILES string of the molecule is COc1ccc(/C(N)=N/O)c(Oc2ccc(F)cc2Br)c1. The molecular weight excluding hydrogens is 343 g/mol. The molecule has 7 heteroatoms. The van der Waals surface area contributed by atoms with Crippen LogP contribution in [0, 0.1) is 5.82 Å². The summed E-state index contributed by atoms with van der Waals surface area (Å²) in [6.45, 7) is 0. The highest BCUT2D eigenvalue weighted by Crippen LogP contribution is 2.34. The number of nitrogens with zero attached hydrogens (tertiary/aromatic N) is 1. The van der Waals surface area contributed by atoms with E-state index in [-0.39, 0.29) is 5.84 Å². The summed E-state index contributed by atoms with van der Waals surface area (Å²) in [6.07, 6.45) is 0. The minimum atomic E-state index is -0.392. The molecule has 5 nitrogen and oxygen atoms in total. The molecule has 0 spiro atoms. The molecule has 0 aliphatic carbocycles. The molecule has 3 N–H and O–H groups in total. The molecule has 0 saturated heterocycles. The Morgan fingerprint density at radius 1 is 1.24 bits per heavy atom. The molecule has 0 aliphatic heterocycles. The number of hydrogen-bond donors (Lipinski definition) is 2. The highest BCUT2D eigenvalue weighted by Gasteiger charge is 2.13. The van der Waals surface area contributed by atoms with Gasteiger partial charge in [0.2, 0.25) is 0 Å². The second kappa shape index (κ2) is 6.45. The molecule has 2 aromatic carbocycles. The Kier molecular flexibility index (Phi) is 4.64. The van der Waals surface area contributed by atoms with Crippen molar-refractivity contribution in [3.8, 4) is 17.2 Å². The lowest BCUT2D eigenvalue weighted by atomic mass is 10.1. The second-order valence-electron chi connectivity index (χ2n) is 4.02. The van der Waals surface area contributed by atoms with Crippen molar-refractivity contribution in [2.45, 2.75) is 0 Å². The van der Waals surface area contributed by atoms with Gasteiger partial charge in [0.25, 0.3) is 0 Å². The maximum absolute atomic E-state index is 13.1. The summed E-state index contributed by atoms with van der Waals surface area (Å²) in [5.41, 5.74) is 5.99. The molecule has 0 saturated carbocycles. The first-order valence-corrected chi connectivity index (χ1v) is 6.63. The van der Waals surface area contributed by atoms with Crippen LogP contribution in [0.25, 0.3) is 0 Å². The summed E-state index contributed by atoms with van der Waals surface area (Å²) in [5.74, 6) is 0.744. The maximum Gasteiger partial charge on any atom is 0.173 e. The van der Waals surface area contributed by atoms with Gasteiger partial charge in [-0.25, -0.2) is 4.39 Å². The van der Waals surface area contributed by atoms with Crippen LogP contribution >= 0.6 is 15.9 Å². The van der Waals surface area contributed by atoms with Gasteiger partial charge in [0, 0.05) is 6.07 Å². The number of ether oxygens (including phenoxy) is 2. The van der Waals surface area contributed by atoms with Gasteiger partial charge in [-0.1, -0.05) is 5.16 Å². The summed E-state index contributed by atoms with van der Waals surface area (Å²) in [6, 6.07) is 8.85. The molecule has 2 aromatic rings. The van der Waals surface area contributed by atoms with Crippen molar-refractivity contribution in [2.24, 2.45) is 10.9 Å². The van der Waals surface area contributed by atoms with Gasteiger partial charge in [-0.05, 0) is 46.3 Å². The average Bonchev–Trinajstić information content (AvgIpc) is 2.49. The molecule has 0 unspecified atom stereocenters. The quantitative estimate of drug-likeness (QED) is 0.381. The normalized spacial score (nSPS) is 11.3. The van der Waals surface area contributed by atoms with E-state index in [9.17, 15) is 4.39 Å². The van der Waals surface area contributed by atoms with E-state index in [0.717, 1.165) is 0 Å². The lowest BCUT2D eigenvalue weighted by molar-refractivity contribution is 0.318. The molecule has 0 radical (unpaired) electrons. The molecule has 0 fully saturated rings. The predicted molar refractivity (Wildman–Crippen MR) is 79.7 cm³/mol. The largest absolute Gasteiger partial charge is 0.497 e. The molecule has 2 rings (SSSR count). The van der Waals surface area contributed by atoms with Crippen molar-refractivity contribution in [2.75, 3.05) is 7.11 Å². The maximum atomic E-state index is 13.1.